The van der Waals surface area contributed by atoms with Crippen molar-refractivity contribution in [3.63, 3.8) is 0 Å². The molecule has 0 aliphatic heterocycles. The van der Waals surface area contributed by atoms with Gasteiger partial charge in [0.25, 0.3) is 0 Å². The molecule has 0 spiro atoms. The van der Waals surface area contributed by atoms with Gasteiger partial charge in [0.15, 0.2) is 0 Å². The molecular formula is C12H10BrClN2S. The van der Waals surface area contributed by atoms with Crippen LogP contribution in [0.3, 0.4) is 0 Å². The predicted octanol–water partition coefficient (Wildman–Crippen LogP) is 4.42. The summed E-state index contributed by atoms with van der Waals surface area (Å²) in [5.41, 5.74) is 1.08. The quantitative estimate of drug-likeness (QED) is 0.779. The highest BCUT2D eigenvalue weighted by Crippen LogP contribution is 2.43. The fourth-order valence-electron chi connectivity index (χ4n) is 1.76. The molecule has 0 aromatic carbocycles. The summed E-state index contributed by atoms with van der Waals surface area (Å²) in [5.74, 6) is 1.40. The Morgan fingerprint density at radius 1 is 1.41 bits per heavy atom. The van der Waals surface area contributed by atoms with Crippen molar-refractivity contribution in [2.45, 2.75) is 25.2 Å². The first-order valence-corrected chi connectivity index (χ1v) is 7.53. The maximum Gasteiger partial charge on any atom is 0.147 e. The van der Waals surface area contributed by atoms with Crippen molar-refractivity contribution >= 4 is 38.9 Å². The number of nitrogens with zero attached hydrogens (tertiary/aromatic N) is 2. The number of hydrogen-bond donors (Lipinski definition) is 0. The van der Waals surface area contributed by atoms with Crippen LogP contribution in [0.2, 0.25) is 5.15 Å². The molecule has 0 radical (unpaired) electrons. The van der Waals surface area contributed by atoms with Gasteiger partial charge in [0, 0.05) is 17.2 Å². The standard InChI is InChI=1S/C12H10BrClN2S/c13-10-11(7-3-4-7)15-9(16-12(10)14)6-8-2-1-5-17-8/h1-2,5,7H,3-4,6H2. The lowest BCUT2D eigenvalue weighted by molar-refractivity contribution is 0.895. The van der Waals surface area contributed by atoms with Crippen molar-refractivity contribution in [3.8, 4) is 0 Å². The largest absolute Gasteiger partial charge is 0.236 e. The summed E-state index contributed by atoms with van der Waals surface area (Å²) in [4.78, 5) is 10.2. The molecule has 2 heterocycles. The summed E-state index contributed by atoms with van der Waals surface area (Å²) in [7, 11) is 0. The minimum absolute atomic E-state index is 0.536. The van der Waals surface area contributed by atoms with E-state index < -0.39 is 0 Å². The van der Waals surface area contributed by atoms with Crippen LogP contribution in [0.15, 0.2) is 22.0 Å². The minimum atomic E-state index is 0.536. The zero-order valence-electron chi connectivity index (χ0n) is 8.99. The Kier molecular flexibility index (Phi) is 3.19. The normalized spacial score (nSPS) is 15.2. The fourth-order valence-corrected chi connectivity index (χ4v) is 3.15. The summed E-state index contributed by atoms with van der Waals surface area (Å²) in [6.07, 6.45) is 3.19. The van der Waals surface area contributed by atoms with Gasteiger partial charge in [-0.05, 0) is 40.2 Å². The van der Waals surface area contributed by atoms with E-state index in [0.717, 1.165) is 22.4 Å². The summed E-state index contributed by atoms with van der Waals surface area (Å²) in [5, 5.41) is 2.60. The van der Waals surface area contributed by atoms with Gasteiger partial charge in [-0.3, -0.25) is 0 Å². The molecule has 5 heteroatoms. The highest BCUT2D eigenvalue weighted by atomic mass is 79.9. The second-order valence-corrected chi connectivity index (χ2v) is 6.34. The number of thiophene rings is 1. The van der Waals surface area contributed by atoms with E-state index in [-0.39, 0.29) is 0 Å². The Balaban J connectivity index is 1.94. The maximum atomic E-state index is 6.14. The third-order valence-corrected chi connectivity index (χ3v) is 4.92. The maximum absolute atomic E-state index is 6.14. The molecule has 0 unspecified atom stereocenters. The Labute approximate surface area is 117 Å². The van der Waals surface area contributed by atoms with Crippen molar-refractivity contribution in [1.29, 1.82) is 0 Å². The molecule has 2 aromatic rings. The molecule has 3 rings (SSSR count). The number of hydrogen-bond acceptors (Lipinski definition) is 3. The smallest absolute Gasteiger partial charge is 0.147 e. The Morgan fingerprint density at radius 2 is 2.24 bits per heavy atom. The van der Waals surface area contributed by atoms with Gasteiger partial charge < -0.3 is 0 Å². The Hall–Kier alpha value is -0.450. The van der Waals surface area contributed by atoms with Crippen LogP contribution in [0.25, 0.3) is 0 Å². The highest BCUT2D eigenvalue weighted by Gasteiger charge is 2.29. The molecule has 1 aliphatic rings. The number of halogens is 2. The Morgan fingerprint density at radius 3 is 2.88 bits per heavy atom. The molecule has 0 atom stereocenters. The molecule has 17 heavy (non-hydrogen) atoms. The fraction of sp³-hybridized carbons (Fsp3) is 0.333. The van der Waals surface area contributed by atoms with Gasteiger partial charge in [0.05, 0.1) is 10.2 Å². The molecule has 0 N–H and O–H groups in total. The van der Waals surface area contributed by atoms with E-state index in [1.807, 2.05) is 6.07 Å². The van der Waals surface area contributed by atoms with Gasteiger partial charge in [-0.2, -0.15) is 0 Å². The average molecular weight is 330 g/mol. The topological polar surface area (TPSA) is 25.8 Å². The third kappa shape index (κ3) is 2.54. The molecule has 88 valence electrons. The van der Waals surface area contributed by atoms with Gasteiger partial charge in [0.1, 0.15) is 11.0 Å². The second-order valence-electron chi connectivity index (χ2n) is 4.16. The lowest BCUT2D eigenvalue weighted by Crippen LogP contribution is -2.01. The number of aromatic nitrogens is 2. The van der Waals surface area contributed by atoms with Crippen LogP contribution < -0.4 is 0 Å². The van der Waals surface area contributed by atoms with Gasteiger partial charge in [0.2, 0.25) is 0 Å². The van der Waals surface area contributed by atoms with Gasteiger partial charge in [-0.25, -0.2) is 9.97 Å². The van der Waals surface area contributed by atoms with E-state index in [2.05, 4.69) is 37.3 Å². The van der Waals surface area contributed by atoms with Crippen LogP contribution >= 0.6 is 38.9 Å². The third-order valence-electron chi connectivity index (χ3n) is 2.76. The predicted molar refractivity (Wildman–Crippen MR) is 73.8 cm³/mol. The summed E-state index contributed by atoms with van der Waals surface area (Å²) < 4.78 is 0.872. The van der Waals surface area contributed by atoms with Crippen LogP contribution in [0.5, 0.6) is 0 Å². The van der Waals surface area contributed by atoms with Gasteiger partial charge in [-0.15, -0.1) is 11.3 Å². The van der Waals surface area contributed by atoms with Gasteiger partial charge >= 0.3 is 0 Å². The van der Waals surface area contributed by atoms with Gasteiger partial charge in [-0.1, -0.05) is 17.7 Å². The van der Waals surface area contributed by atoms with E-state index in [0.29, 0.717) is 11.1 Å². The molecule has 2 nitrogen and oxygen atoms in total. The Bertz CT molecular complexity index is 538. The lowest BCUT2D eigenvalue weighted by Gasteiger charge is -2.06. The number of rotatable bonds is 3. The first-order valence-electron chi connectivity index (χ1n) is 5.48. The molecule has 1 aliphatic carbocycles. The average Bonchev–Trinajstić information content (AvgIpc) is 3.02. The lowest BCUT2D eigenvalue weighted by atomic mass is 10.2. The zero-order valence-corrected chi connectivity index (χ0v) is 12.1. The molecule has 0 saturated heterocycles. The molecule has 2 aromatic heterocycles. The van der Waals surface area contributed by atoms with E-state index >= 15 is 0 Å². The minimum Gasteiger partial charge on any atom is -0.236 e. The van der Waals surface area contributed by atoms with Crippen molar-refractivity contribution in [1.82, 2.24) is 9.97 Å². The SMILES string of the molecule is Clc1nc(Cc2cccs2)nc(C2CC2)c1Br. The van der Waals surface area contributed by atoms with Crippen LogP contribution in [0.4, 0.5) is 0 Å². The van der Waals surface area contributed by atoms with Crippen molar-refractivity contribution < 1.29 is 0 Å². The van der Waals surface area contributed by atoms with Crippen LogP contribution in [-0.2, 0) is 6.42 Å². The van der Waals surface area contributed by atoms with Crippen molar-refractivity contribution in [2.24, 2.45) is 0 Å². The van der Waals surface area contributed by atoms with Crippen LogP contribution in [0, 0.1) is 0 Å². The highest BCUT2D eigenvalue weighted by molar-refractivity contribution is 9.10. The molecule has 0 amide bonds. The molecule has 0 bridgehead atoms. The molecular weight excluding hydrogens is 320 g/mol. The summed E-state index contributed by atoms with van der Waals surface area (Å²) >= 11 is 11.3. The monoisotopic (exact) mass is 328 g/mol. The zero-order chi connectivity index (χ0) is 11.8. The van der Waals surface area contributed by atoms with Crippen LogP contribution in [0.1, 0.15) is 35.2 Å². The van der Waals surface area contributed by atoms with E-state index in [1.165, 1.54) is 17.7 Å². The first kappa shape index (κ1) is 11.6. The van der Waals surface area contributed by atoms with Crippen molar-refractivity contribution in [3.05, 3.63) is 43.5 Å². The molecule has 1 fully saturated rings. The van der Waals surface area contributed by atoms with Crippen LogP contribution in [-0.4, -0.2) is 9.97 Å². The first-order chi connectivity index (χ1) is 8.24. The summed E-state index contributed by atoms with van der Waals surface area (Å²) in [6, 6.07) is 4.14. The van der Waals surface area contributed by atoms with E-state index in [9.17, 15) is 0 Å². The van der Waals surface area contributed by atoms with E-state index in [1.54, 1.807) is 11.3 Å². The van der Waals surface area contributed by atoms with Crippen molar-refractivity contribution in [2.75, 3.05) is 0 Å². The second kappa shape index (κ2) is 4.67. The molecule has 1 saturated carbocycles. The van der Waals surface area contributed by atoms with E-state index in [4.69, 9.17) is 11.6 Å². The summed E-state index contributed by atoms with van der Waals surface area (Å²) in [6.45, 7) is 0.